The first-order valence-electron chi connectivity index (χ1n) is 9.58. The van der Waals surface area contributed by atoms with Crippen molar-refractivity contribution in [3.63, 3.8) is 0 Å². The number of hydrogen-bond donors (Lipinski definition) is 0. The monoisotopic (exact) mass is 354 g/mol. The second-order valence-corrected chi connectivity index (χ2v) is 9.74. The third-order valence-electron chi connectivity index (χ3n) is 5.93. The van der Waals surface area contributed by atoms with E-state index in [0.717, 1.165) is 11.6 Å². The van der Waals surface area contributed by atoms with Gasteiger partial charge in [0.2, 0.25) is 0 Å². The standard InChI is InChI=1S/C25H23P/c1-4-10-19(11-5-1)24-18-20-16-17-23(24)25(20)26(21-12-6-2-7-13-21)22-14-8-3-9-15-22/h1-15,18,20,23,25H,16-17H2. The van der Waals surface area contributed by atoms with Crippen LogP contribution in [0.2, 0.25) is 0 Å². The molecular weight excluding hydrogens is 331 g/mol. The SMILES string of the molecule is C1=C(c2ccccc2)C2CCC1C2P(c1ccccc1)c1ccccc1. The van der Waals surface area contributed by atoms with Crippen LogP contribution in [0.25, 0.3) is 5.57 Å². The summed E-state index contributed by atoms with van der Waals surface area (Å²) in [6.07, 6.45) is 5.30. The van der Waals surface area contributed by atoms with Crippen LogP contribution < -0.4 is 10.6 Å². The van der Waals surface area contributed by atoms with Crippen molar-refractivity contribution in [1.29, 1.82) is 0 Å². The molecular formula is C25H23P. The van der Waals surface area contributed by atoms with E-state index in [0.29, 0.717) is 5.92 Å². The molecule has 2 aliphatic rings. The Hall–Kier alpha value is -2.17. The molecule has 3 aromatic carbocycles. The van der Waals surface area contributed by atoms with Gasteiger partial charge in [-0.1, -0.05) is 97.1 Å². The molecule has 0 saturated heterocycles. The smallest absolute Gasteiger partial charge is 0.000324 e. The number of hydrogen-bond acceptors (Lipinski definition) is 0. The largest absolute Gasteiger partial charge is 0.0766 e. The van der Waals surface area contributed by atoms with Gasteiger partial charge in [0.25, 0.3) is 0 Å². The Morgan fingerprint density at radius 3 is 1.73 bits per heavy atom. The predicted octanol–water partition coefficient (Wildman–Crippen LogP) is 5.61. The minimum atomic E-state index is -0.337. The molecule has 3 atom stereocenters. The van der Waals surface area contributed by atoms with Gasteiger partial charge in [-0.05, 0) is 54.3 Å². The van der Waals surface area contributed by atoms with Crippen LogP contribution in [0.4, 0.5) is 0 Å². The summed E-state index contributed by atoms with van der Waals surface area (Å²) in [6.45, 7) is 0. The van der Waals surface area contributed by atoms with Crippen LogP contribution in [0.1, 0.15) is 18.4 Å². The van der Waals surface area contributed by atoms with Gasteiger partial charge in [0, 0.05) is 5.66 Å². The van der Waals surface area contributed by atoms with E-state index < -0.39 is 0 Å². The number of allylic oxidation sites excluding steroid dienone is 2. The van der Waals surface area contributed by atoms with Gasteiger partial charge in [-0.2, -0.15) is 0 Å². The summed E-state index contributed by atoms with van der Waals surface area (Å²) in [7, 11) is -0.337. The van der Waals surface area contributed by atoms with Crippen molar-refractivity contribution < 1.29 is 0 Å². The topological polar surface area (TPSA) is 0 Å². The summed E-state index contributed by atoms with van der Waals surface area (Å²) < 4.78 is 0. The average Bonchev–Trinajstić information content (AvgIpc) is 3.29. The van der Waals surface area contributed by atoms with Gasteiger partial charge in [-0.3, -0.25) is 0 Å². The maximum Gasteiger partial charge on any atom is 0.000324 e. The van der Waals surface area contributed by atoms with Crippen molar-refractivity contribution >= 4 is 24.1 Å². The maximum absolute atomic E-state index is 2.61. The number of fused-ring (bicyclic) bond motifs is 2. The van der Waals surface area contributed by atoms with E-state index in [1.165, 1.54) is 29.0 Å². The zero-order valence-electron chi connectivity index (χ0n) is 14.8. The zero-order valence-corrected chi connectivity index (χ0v) is 15.7. The highest BCUT2D eigenvalue weighted by atomic mass is 31.1. The highest BCUT2D eigenvalue weighted by Gasteiger charge is 2.47. The van der Waals surface area contributed by atoms with Crippen LogP contribution in [0.5, 0.6) is 0 Å². The Bertz CT molecular complexity index is 859. The van der Waals surface area contributed by atoms with Crippen molar-refractivity contribution in [2.24, 2.45) is 11.8 Å². The molecule has 1 saturated carbocycles. The van der Waals surface area contributed by atoms with Gasteiger partial charge in [-0.25, -0.2) is 0 Å². The summed E-state index contributed by atoms with van der Waals surface area (Å²) in [6, 6.07) is 33.5. The van der Waals surface area contributed by atoms with Gasteiger partial charge < -0.3 is 0 Å². The first-order valence-corrected chi connectivity index (χ1v) is 11.0. The summed E-state index contributed by atoms with van der Waals surface area (Å²) in [5.41, 5.74) is 3.77. The Labute approximate surface area is 157 Å². The molecule has 26 heavy (non-hydrogen) atoms. The molecule has 0 N–H and O–H groups in total. The molecule has 0 radical (unpaired) electrons. The minimum absolute atomic E-state index is 0.337. The number of rotatable bonds is 4. The molecule has 5 rings (SSSR count). The molecule has 0 aromatic heterocycles. The van der Waals surface area contributed by atoms with Crippen molar-refractivity contribution in [2.45, 2.75) is 18.5 Å². The van der Waals surface area contributed by atoms with E-state index in [1.807, 2.05) is 0 Å². The zero-order chi connectivity index (χ0) is 17.3. The highest BCUT2D eigenvalue weighted by molar-refractivity contribution is 7.73. The predicted molar refractivity (Wildman–Crippen MR) is 113 cm³/mol. The number of benzene rings is 3. The first-order chi connectivity index (χ1) is 12.9. The fourth-order valence-electron chi connectivity index (χ4n) is 4.87. The lowest BCUT2D eigenvalue weighted by molar-refractivity contribution is 0.706. The molecule has 0 aliphatic heterocycles. The van der Waals surface area contributed by atoms with E-state index >= 15 is 0 Å². The Morgan fingerprint density at radius 1 is 0.615 bits per heavy atom. The maximum atomic E-state index is 2.61. The second kappa shape index (κ2) is 6.86. The van der Waals surface area contributed by atoms with Gasteiger partial charge in [0.15, 0.2) is 0 Å². The third kappa shape index (κ3) is 2.74. The molecule has 0 heterocycles. The van der Waals surface area contributed by atoms with Gasteiger partial charge >= 0.3 is 0 Å². The van der Waals surface area contributed by atoms with Crippen molar-refractivity contribution in [1.82, 2.24) is 0 Å². The van der Waals surface area contributed by atoms with Crippen LogP contribution in [0.15, 0.2) is 97.1 Å². The summed E-state index contributed by atoms with van der Waals surface area (Å²) in [4.78, 5) is 0. The van der Waals surface area contributed by atoms with E-state index in [4.69, 9.17) is 0 Å². The fourth-order valence-corrected chi connectivity index (χ4v) is 8.13. The minimum Gasteiger partial charge on any atom is -0.0766 e. The lowest BCUT2D eigenvalue weighted by Crippen LogP contribution is -2.26. The van der Waals surface area contributed by atoms with Crippen LogP contribution >= 0.6 is 7.92 Å². The molecule has 3 unspecified atom stereocenters. The molecule has 128 valence electrons. The second-order valence-electron chi connectivity index (χ2n) is 7.37. The molecule has 0 nitrogen and oxygen atoms in total. The van der Waals surface area contributed by atoms with E-state index in [9.17, 15) is 0 Å². The van der Waals surface area contributed by atoms with Crippen molar-refractivity contribution in [3.8, 4) is 0 Å². The van der Waals surface area contributed by atoms with E-state index in [2.05, 4.69) is 97.1 Å². The molecule has 0 amide bonds. The van der Waals surface area contributed by atoms with Crippen LogP contribution in [-0.2, 0) is 0 Å². The fraction of sp³-hybridized carbons (Fsp3) is 0.200. The molecule has 1 fully saturated rings. The van der Waals surface area contributed by atoms with Crippen molar-refractivity contribution in [3.05, 3.63) is 103 Å². The normalized spacial score (nSPS) is 24.0. The lowest BCUT2D eigenvalue weighted by atomic mass is 9.92. The van der Waals surface area contributed by atoms with E-state index in [-0.39, 0.29) is 7.92 Å². The van der Waals surface area contributed by atoms with Crippen LogP contribution in [0.3, 0.4) is 0 Å². The Balaban J connectivity index is 1.57. The molecule has 2 aliphatic carbocycles. The average molecular weight is 354 g/mol. The Kier molecular flexibility index (Phi) is 4.23. The Morgan fingerprint density at radius 2 is 1.15 bits per heavy atom. The summed E-state index contributed by atoms with van der Waals surface area (Å²) in [5.74, 6) is 1.43. The van der Waals surface area contributed by atoms with Crippen molar-refractivity contribution in [2.75, 3.05) is 0 Å². The quantitative estimate of drug-likeness (QED) is 0.534. The van der Waals surface area contributed by atoms with E-state index in [1.54, 1.807) is 5.57 Å². The molecule has 2 bridgehead atoms. The molecule has 1 heteroatoms. The van der Waals surface area contributed by atoms with Gasteiger partial charge in [0.1, 0.15) is 0 Å². The van der Waals surface area contributed by atoms with Crippen LogP contribution in [0, 0.1) is 11.8 Å². The highest BCUT2D eigenvalue weighted by Crippen LogP contribution is 2.60. The van der Waals surface area contributed by atoms with Gasteiger partial charge in [-0.15, -0.1) is 0 Å². The summed E-state index contributed by atoms with van der Waals surface area (Å²) in [5, 5.41) is 3.05. The molecule has 0 spiro atoms. The van der Waals surface area contributed by atoms with Gasteiger partial charge in [0.05, 0.1) is 0 Å². The van der Waals surface area contributed by atoms with Crippen LogP contribution in [-0.4, -0.2) is 5.66 Å². The first kappa shape index (κ1) is 16.0. The lowest BCUT2D eigenvalue weighted by Gasteiger charge is -2.30. The summed E-state index contributed by atoms with van der Waals surface area (Å²) >= 11 is 0. The third-order valence-corrected chi connectivity index (χ3v) is 8.98. The molecule has 3 aromatic rings.